The molecule has 2 N–H and O–H groups in total. The van der Waals surface area contributed by atoms with Crippen LogP contribution in [0.4, 0.5) is 0 Å². The molecule has 134 valence electrons. The number of hydrogen-bond donors (Lipinski definition) is 2. The predicted molar refractivity (Wildman–Crippen MR) is 86.3 cm³/mol. The van der Waals surface area contributed by atoms with Crippen LogP contribution in [0.2, 0.25) is 0 Å². The van der Waals surface area contributed by atoms with E-state index in [9.17, 15) is 19.8 Å². The van der Waals surface area contributed by atoms with Gasteiger partial charge in [-0.15, -0.1) is 0 Å². The van der Waals surface area contributed by atoms with Gasteiger partial charge in [-0.1, -0.05) is 25.8 Å². The molecule has 0 amide bonds. The molecule has 0 fully saturated rings. The number of rotatable bonds is 15. The van der Waals surface area contributed by atoms with Crippen molar-refractivity contribution in [2.75, 3.05) is 26.4 Å². The Hall–Kier alpha value is -0.400. The van der Waals surface area contributed by atoms with Crippen LogP contribution in [-0.4, -0.2) is 53.0 Å². The van der Waals surface area contributed by atoms with E-state index >= 15 is 0 Å². The topological polar surface area (TPSA) is 97.7 Å². The zero-order valence-corrected chi connectivity index (χ0v) is 17.2. The van der Waals surface area contributed by atoms with Crippen molar-refractivity contribution in [3.8, 4) is 0 Å². The van der Waals surface area contributed by atoms with Crippen molar-refractivity contribution in [3.63, 3.8) is 0 Å². The van der Waals surface area contributed by atoms with Crippen molar-refractivity contribution < 1.29 is 58.9 Å². The average Bonchev–Trinajstić information content (AvgIpc) is 2.49. The molecule has 6 nitrogen and oxygen atoms in total. The Balaban J connectivity index is 0. The van der Waals surface area contributed by atoms with Gasteiger partial charge in [0.05, 0.1) is 26.1 Å². The summed E-state index contributed by atoms with van der Waals surface area (Å²) in [5.74, 6) is -1.95. The fraction of sp³-hybridized carbons (Fsp3) is 0.765. The number of carboxylic acid groups (broad SMARTS) is 2. The van der Waals surface area contributed by atoms with E-state index in [1.165, 1.54) is 12.8 Å². The van der Waals surface area contributed by atoms with Crippen LogP contribution in [0, 0.1) is 0 Å². The number of aliphatic hydroxyl groups is 1. The molecular weight excluding hydrogens is 321 g/mol. The van der Waals surface area contributed by atoms with Gasteiger partial charge in [0.1, 0.15) is 0 Å². The molecule has 24 heavy (non-hydrogen) atoms. The third-order valence-corrected chi connectivity index (χ3v) is 3.97. The second kappa shape index (κ2) is 16.1. The molecule has 0 aromatic rings. The summed E-state index contributed by atoms with van der Waals surface area (Å²) >= 11 is 0. The maximum Gasteiger partial charge on any atom is 1.00 e. The Morgan fingerprint density at radius 1 is 1.04 bits per heavy atom. The van der Waals surface area contributed by atoms with Crippen LogP contribution in [0.3, 0.4) is 0 Å². The molecule has 0 saturated carbocycles. The second-order valence-electron chi connectivity index (χ2n) is 6.05. The summed E-state index contributed by atoms with van der Waals surface area (Å²) in [5.41, 5.74) is 0. The minimum atomic E-state index is -1.10. The van der Waals surface area contributed by atoms with E-state index in [0.717, 1.165) is 12.8 Å². The van der Waals surface area contributed by atoms with Crippen molar-refractivity contribution in [1.82, 2.24) is 0 Å². The molecule has 1 atom stereocenters. The number of aliphatic carboxylic acids is 2. The molecule has 7 heteroatoms. The van der Waals surface area contributed by atoms with E-state index in [0.29, 0.717) is 37.0 Å². The monoisotopic (exact) mass is 352 g/mol. The van der Waals surface area contributed by atoms with Gasteiger partial charge in [0, 0.05) is 18.8 Å². The number of nitrogens with zero attached hydrogens (tertiary/aromatic N) is 1. The summed E-state index contributed by atoms with van der Waals surface area (Å²) in [5, 5.41) is 29.1. The third kappa shape index (κ3) is 14.0. The molecule has 0 saturated heterocycles. The van der Waals surface area contributed by atoms with E-state index < -0.39 is 11.9 Å². The van der Waals surface area contributed by atoms with Crippen molar-refractivity contribution in [2.45, 2.75) is 58.3 Å². The van der Waals surface area contributed by atoms with Gasteiger partial charge in [-0.2, -0.15) is 0 Å². The molecule has 0 bridgehead atoms. The van der Waals surface area contributed by atoms with Crippen LogP contribution >= 0.6 is 0 Å². The van der Waals surface area contributed by atoms with Gasteiger partial charge in [-0.25, -0.2) is 0 Å². The fourth-order valence-corrected chi connectivity index (χ4v) is 2.55. The van der Waals surface area contributed by atoms with Gasteiger partial charge in [-0.05, 0) is 25.3 Å². The number of hydrogen-bond acceptors (Lipinski definition) is 4. The summed E-state index contributed by atoms with van der Waals surface area (Å²) in [6.45, 7) is 3.65. The quantitative estimate of drug-likeness (QED) is 0.120. The summed E-state index contributed by atoms with van der Waals surface area (Å²) < 4.78 is 0.310. The van der Waals surface area contributed by atoms with Gasteiger partial charge in [0.2, 0.25) is 0 Å². The number of carbonyl (C=O) groups is 2. The molecular formula is C17H31NNaO5+. The first-order chi connectivity index (χ1) is 11.0. The van der Waals surface area contributed by atoms with E-state index in [1.807, 2.05) is 6.08 Å². The first-order valence-electron chi connectivity index (χ1n) is 8.48. The summed E-state index contributed by atoms with van der Waals surface area (Å²) in [6, 6.07) is 0. The molecule has 0 aliphatic rings. The minimum absolute atomic E-state index is 0. The number of carbonyl (C=O) groups excluding carboxylic acids is 1. The molecule has 0 rings (SSSR count). The Morgan fingerprint density at radius 2 is 1.67 bits per heavy atom. The first-order valence-corrected chi connectivity index (χ1v) is 8.48. The Morgan fingerprint density at radius 3 is 2.17 bits per heavy atom. The summed E-state index contributed by atoms with van der Waals surface area (Å²) in [6.07, 6.45) is 9.49. The first kappa shape index (κ1) is 25.8. The number of quaternary nitrogens is 1. The normalized spacial score (nSPS) is 13.4. The maximum atomic E-state index is 10.7. The Kier molecular flexibility index (Phi) is 17.3. The van der Waals surface area contributed by atoms with E-state index in [1.54, 1.807) is 0 Å². The van der Waals surface area contributed by atoms with Crippen LogP contribution < -0.4 is 34.7 Å². The number of allylic oxidation sites excluding steroid dienone is 1. The average molecular weight is 352 g/mol. The van der Waals surface area contributed by atoms with Crippen LogP contribution in [0.25, 0.3) is 0 Å². The smallest absolute Gasteiger partial charge is 0.550 e. The molecule has 0 radical (unpaired) electrons. The molecule has 0 aliphatic carbocycles. The van der Waals surface area contributed by atoms with Crippen LogP contribution in [-0.2, 0) is 9.59 Å². The van der Waals surface area contributed by atoms with E-state index in [2.05, 4.69) is 13.0 Å². The second-order valence-corrected chi connectivity index (χ2v) is 6.05. The summed E-state index contributed by atoms with van der Waals surface area (Å²) in [7, 11) is 0. The minimum Gasteiger partial charge on any atom is -0.550 e. The van der Waals surface area contributed by atoms with Crippen molar-refractivity contribution in [2.24, 2.45) is 0 Å². The molecule has 0 aromatic carbocycles. The Bertz CT molecular complexity index is 354. The number of aliphatic hydroxyl groups excluding tert-OH is 1. The molecule has 0 spiro atoms. The predicted octanol–water partition coefficient (Wildman–Crippen LogP) is -1.71. The van der Waals surface area contributed by atoms with Gasteiger partial charge >= 0.3 is 35.5 Å². The zero-order valence-electron chi connectivity index (χ0n) is 15.2. The zero-order chi connectivity index (χ0) is 17.6. The fourth-order valence-electron chi connectivity index (χ4n) is 2.55. The summed E-state index contributed by atoms with van der Waals surface area (Å²) in [4.78, 5) is 21.2. The van der Waals surface area contributed by atoms with Crippen LogP contribution in [0.1, 0.15) is 58.3 Å². The van der Waals surface area contributed by atoms with Gasteiger partial charge in [-0.3, -0.25) is 9.28 Å². The third-order valence-electron chi connectivity index (χ3n) is 3.97. The van der Waals surface area contributed by atoms with Gasteiger partial charge in [0.15, 0.2) is 6.73 Å². The molecule has 0 heterocycles. The van der Waals surface area contributed by atoms with Crippen molar-refractivity contribution in [3.05, 3.63) is 12.2 Å². The molecule has 0 aliphatic heterocycles. The number of carboxylic acids is 2. The van der Waals surface area contributed by atoms with Gasteiger partial charge in [0.25, 0.3) is 0 Å². The largest absolute Gasteiger partial charge is 1.00 e. The Labute approximate surface area is 167 Å². The SMILES string of the molecule is CCCCC/C=C/C[N+](CO)(CCCC(=O)[O-])CCCC(=O)O.[Na+]. The van der Waals surface area contributed by atoms with Crippen molar-refractivity contribution >= 4 is 11.9 Å². The van der Waals surface area contributed by atoms with E-state index in [-0.39, 0.29) is 49.1 Å². The van der Waals surface area contributed by atoms with Crippen molar-refractivity contribution in [1.29, 1.82) is 0 Å². The molecule has 1 unspecified atom stereocenters. The maximum absolute atomic E-state index is 10.7. The van der Waals surface area contributed by atoms with Crippen LogP contribution in [0.5, 0.6) is 0 Å². The van der Waals surface area contributed by atoms with E-state index in [4.69, 9.17) is 5.11 Å². The molecule has 0 aromatic heterocycles. The standard InChI is InChI=1S/C17H31NO5.Na/c1-2-3-4-5-6-7-12-18(15-19,13-8-10-16(20)21)14-9-11-17(22)23;/h6-7,19H,2-5,8-15H2,1H3,(H-,20,21,22,23);/q;+1/b7-6+;. The van der Waals surface area contributed by atoms with Crippen LogP contribution in [0.15, 0.2) is 12.2 Å². The number of unbranched alkanes of at least 4 members (excludes halogenated alkanes) is 3. The van der Waals surface area contributed by atoms with Gasteiger partial charge < -0.3 is 20.1 Å².